The Morgan fingerprint density at radius 1 is 1.33 bits per heavy atom. The molecule has 2 N–H and O–H groups in total. The number of hydrogen-bond donors (Lipinski definition) is 2. The number of thioether (sulfide) groups is 1. The summed E-state index contributed by atoms with van der Waals surface area (Å²) in [5.41, 5.74) is 0. The van der Waals surface area contributed by atoms with E-state index in [1.165, 1.54) is 31.0 Å². The molecule has 1 fully saturated rings. The Bertz CT molecular complexity index is 261. The smallest absolute Gasteiger partial charge is 0.236 e. The fourth-order valence-corrected chi connectivity index (χ4v) is 3.00. The summed E-state index contributed by atoms with van der Waals surface area (Å²) in [6.45, 7) is 0. The zero-order valence-electron chi connectivity index (χ0n) is 8.69. The number of nitrogens with one attached hydrogen (secondary N) is 1. The summed E-state index contributed by atoms with van der Waals surface area (Å²) < 4.78 is 0. The van der Waals surface area contributed by atoms with Gasteiger partial charge in [0.25, 0.3) is 0 Å². The van der Waals surface area contributed by atoms with E-state index in [4.69, 9.17) is 0 Å². The number of aliphatic hydroxyl groups is 1. The lowest BCUT2D eigenvalue weighted by Crippen LogP contribution is -2.43. The zero-order chi connectivity index (χ0) is 10.7. The van der Waals surface area contributed by atoms with E-state index in [2.05, 4.69) is 5.32 Å². The Kier molecular flexibility index (Phi) is 3.70. The largest absolute Gasteiger partial charge is 0.387 e. The summed E-state index contributed by atoms with van der Waals surface area (Å²) >= 11 is 1.40. The van der Waals surface area contributed by atoms with E-state index in [1.54, 1.807) is 11.5 Å². The molecule has 0 saturated heterocycles. The van der Waals surface area contributed by atoms with E-state index >= 15 is 0 Å². The summed E-state index contributed by atoms with van der Waals surface area (Å²) in [5.74, 6) is -0.00981. The van der Waals surface area contributed by atoms with Crippen LogP contribution < -0.4 is 5.32 Å². The van der Waals surface area contributed by atoms with Crippen molar-refractivity contribution < 1.29 is 9.90 Å². The van der Waals surface area contributed by atoms with Gasteiger partial charge in [-0.25, -0.2) is 0 Å². The van der Waals surface area contributed by atoms with Crippen molar-refractivity contribution in [2.45, 2.75) is 49.5 Å². The van der Waals surface area contributed by atoms with Gasteiger partial charge in [0.2, 0.25) is 5.91 Å². The number of carbonyl (C=O) groups excluding carboxylic acids is 1. The van der Waals surface area contributed by atoms with Gasteiger partial charge in [-0.2, -0.15) is 0 Å². The number of rotatable bonds is 2. The Balaban J connectivity index is 1.81. The molecule has 4 heteroatoms. The summed E-state index contributed by atoms with van der Waals surface area (Å²) in [6, 6.07) is 0.333. The first-order valence-corrected chi connectivity index (χ1v) is 6.52. The monoisotopic (exact) mass is 227 g/mol. The lowest BCUT2D eigenvalue weighted by atomic mass is 9.95. The van der Waals surface area contributed by atoms with Crippen molar-refractivity contribution in [1.82, 2.24) is 5.32 Å². The van der Waals surface area contributed by atoms with Gasteiger partial charge >= 0.3 is 0 Å². The van der Waals surface area contributed by atoms with Gasteiger partial charge in [-0.1, -0.05) is 19.3 Å². The molecule has 2 unspecified atom stereocenters. The third-order valence-electron chi connectivity index (χ3n) is 3.02. The first kappa shape index (κ1) is 11.0. The highest BCUT2D eigenvalue weighted by atomic mass is 32.2. The first-order valence-electron chi connectivity index (χ1n) is 5.58. The Morgan fingerprint density at radius 2 is 2.07 bits per heavy atom. The van der Waals surface area contributed by atoms with Gasteiger partial charge in [-0.3, -0.25) is 4.79 Å². The second-order valence-corrected chi connectivity index (χ2v) is 5.27. The predicted molar refractivity (Wildman–Crippen MR) is 61.5 cm³/mol. The summed E-state index contributed by atoms with van der Waals surface area (Å²) in [6.07, 6.45) is 6.95. The molecule has 1 aliphatic carbocycles. The molecule has 15 heavy (non-hydrogen) atoms. The van der Waals surface area contributed by atoms with Crippen molar-refractivity contribution in [3.8, 4) is 0 Å². The standard InChI is InChI=1S/C11H17NO2S/c13-9-6-7-15-10(9)11(14)12-8-4-2-1-3-5-8/h6-10,13H,1-5H2,(H,12,14). The van der Waals surface area contributed by atoms with Gasteiger partial charge in [-0.05, 0) is 24.3 Å². The number of amides is 1. The van der Waals surface area contributed by atoms with Gasteiger partial charge in [0.15, 0.2) is 0 Å². The van der Waals surface area contributed by atoms with E-state index in [0.29, 0.717) is 6.04 Å². The quantitative estimate of drug-likeness (QED) is 0.750. The zero-order valence-corrected chi connectivity index (χ0v) is 9.50. The highest BCUT2D eigenvalue weighted by Gasteiger charge is 2.30. The van der Waals surface area contributed by atoms with Crippen LogP contribution in [0.3, 0.4) is 0 Å². The van der Waals surface area contributed by atoms with Crippen LogP contribution in [0.1, 0.15) is 32.1 Å². The van der Waals surface area contributed by atoms with Crippen molar-refractivity contribution in [2.75, 3.05) is 0 Å². The molecular formula is C11H17NO2S. The van der Waals surface area contributed by atoms with Crippen molar-refractivity contribution in [3.63, 3.8) is 0 Å². The first-order chi connectivity index (χ1) is 7.27. The van der Waals surface area contributed by atoms with E-state index in [9.17, 15) is 9.90 Å². The molecule has 0 aromatic carbocycles. The van der Waals surface area contributed by atoms with Crippen LogP contribution >= 0.6 is 11.8 Å². The van der Waals surface area contributed by atoms with Crippen LogP contribution in [0.2, 0.25) is 0 Å². The molecular weight excluding hydrogens is 210 g/mol. The third-order valence-corrected chi connectivity index (χ3v) is 4.12. The molecule has 1 amide bonds. The highest BCUT2D eigenvalue weighted by molar-refractivity contribution is 8.03. The van der Waals surface area contributed by atoms with Crippen LogP contribution in [0, 0.1) is 0 Å². The van der Waals surface area contributed by atoms with Gasteiger partial charge in [0.1, 0.15) is 5.25 Å². The van der Waals surface area contributed by atoms with Crippen molar-refractivity contribution >= 4 is 17.7 Å². The Hall–Kier alpha value is -0.480. The maximum absolute atomic E-state index is 11.8. The Labute approximate surface area is 94.3 Å². The van der Waals surface area contributed by atoms with Crippen LogP contribution in [0.4, 0.5) is 0 Å². The minimum atomic E-state index is -0.612. The van der Waals surface area contributed by atoms with Crippen LogP contribution in [-0.2, 0) is 4.79 Å². The maximum atomic E-state index is 11.8. The average Bonchev–Trinajstić information content (AvgIpc) is 2.66. The van der Waals surface area contributed by atoms with E-state index in [-0.39, 0.29) is 11.2 Å². The predicted octanol–water partition coefficient (Wildman–Crippen LogP) is 1.43. The molecule has 0 spiro atoms. The molecule has 3 nitrogen and oxygen atoms in total. The molecule has 0 aromatic heterocycles. The minimum Gasteiger partial charge on any atom is -0.387 e. The number of hydrogen-bond acceptors (Lipinski definition) is 3. The molecule has 2 rings (SSSR count). The van der Waals surface area contributed by atoms with E-state index in [0.717, 1.165) is 12.8 Å². The van der Waals surface area contributed by atoms with Crippen LogP contribution in [0.25, 0.3) is 0 Å². The molecule has 0 aromatic rings. The van der Waals surface area contributed by atoms with Gasteiger partial charge < -0.3 is 10.4 Å². The molecule has 84 valence electrons. The van der Waals surface area contributed by atoms with Crippen molar-refractivity contribution in [2.24, 2.45) is 0 Å². The van der Waals surface area contributed by atoms with E-state index in [1.807, 2.05) is 0 Å². The lowest BCUT2D eigenvalue weighted by Gasteiger charge is -2.24. The fraction of sp³-hybridized carbons (Fsp3) is 0.727. The lowest BCUT2D eigenvalue weighted by molar-refractivity contribution is -0.122. The summed E-state index contributed by atoms with van der Waals surface area (Å²) in [4.78, 5) is 11.8. The second kappa shape index (κ2) is 5.03. The van der Waals surface area contributed by atoms with E-state index < -0.39 is 6.10 Å². The highest BCUT2D eigenvalue weighted by Crippen LogP contribution is 2.25. The topological polar surface area (TPSA) is 49.3 Å². The molecule has 0 bridgehead atoms. The minimum absolute atomic E-state index is 0.00981. The van der Waals surface area contributed by atoms with Crippen molar-refractivity contribution in [3.05, 3.63) is 11.5 Å². The third kappa shape index (κ3) is 2.75. The van der Waals surface area contributed by atoms with Gasteiger partial charge in [0.05, 0.1) is 6.10 Å². The Morgan fingerprint density at radius 3 is 2.67 bits per heavy atom. The molecule has 2 aliphatic rings. The normalized spacial score (nSPS) is 31.8. The molecule has 0 radical (unpaired) electrons. The average molecular weight is 227 g/mol. The molecule has 2 atom stereocenters. The van der Waals surface area contributed by atoms with Gasteiger partial charge in [0, 0.05) is 6.04 Å². The summed E-state index contributed by atoms with van der Waals surface area (Å²) in [7, 11) is 0. The second-order valence-electron chi connectivity index (χ2n) is 4.22. The maximum Gasteiger partial charge on any atom is 0.236 e. The molecule has 1 aliphatic heterocycles. The van der Waals surface area contributed by atoms with Crippen LogP contribution in [0.5, 0.6) is 0 Å². The summed E-state index contributed by atoms with van der Waals surface area (Å²) in [5, 5.41) is 14.0. The van der Waals surface area contributed by atoms with Gasteiger partial charge in [-0.15, -0.1) is 11.8 Å². The fourth-order valence-electron chi connectivity index (χ4n) is 2.14. The van der Waals surface area contributed by atoms with Crippen LogP contribution in [0.15, 0.2) is 11.5 Å². The molecule has 1 saturated carbocycles. The van der Waals surface area contributed by atoms with Crippen molar-refractivity contribution in [1.29, 1.82) is 0 Å². The van der Waals surface area contributed by atoms with Crippen LogP contribution in [-0.4, -0.2) is 28.4 Å². The number of aliphatic hydroxyl groups excluding tert-OH is 1. The SMILES string of the molecule is O=C(NC1CCCCC1)C1SC=CC1O. The molecule has 1 heterocycles. The number of carbonyl (C=O) groups is 1.